The third-order valence-corrected chi connectivity index (χ3v) is 7.38. The summed E-state index contributed by atoms with van der Waals surface area (Å²) in [5, 5.41) is 12.9. The van der Waals surface area contributed by atoms with Crippen LogP contribution in [0.3, 0.4) is 0 Å². The van der Waals surface area contributed by atoms with E-state index in [9.17, 15) is 9.90 Å². The Morgan fingerprint density at radius 2 is 1.74 bits per heavy atom. The minimum Gasteiger partial charge on any atom is -0.497 e. The lowest BCUT2D eigenvalue weighted by Gasteiger charge is -2.40. The van der Waals surface area contributed by atoms with Crippen molar-refractivity contribution in [2.75, 3.05) is 7.11 Å². The molecule has 3 aromatic carbocycles. The first-order valence-corrected chi connectivity index (χ1v) is 11.6. The average molecular weight is 467 g/mol. The number of aliphatic hydroxyl groups is 1. The number of hydrogen-bond donors (Lipinski definition) is 2. The quantitative estimate of drug-likeness (QED) is 0.468. The Kier molecular flexibility index (Phi) is 4.51. The number of nitrogens with zero attached hydrogens (tertiary/aromatic N) is 1. The van der Waals surface area contributed by atoms with E-state index in [0.29, 0.717) is 34.1 Å². The summed E-state index contributed by atoms with van der Waals surface area (Å²) in [4.78, 5) is 21.2. The predicted octanol–water partition coefficient (Wildman–Crippen LogP) is 4.37. The van der Waals surface area contributed by atoms with Crippen LogP contribution in [0.2, 0.25) is 0 Å². The van der Waals surface area contributed by atoms with Crippen LogP contribution in [0.5, 0.6) is 11.5 Å². The van der Waals surface area contributed by atoms with Crippen LogP contribution in [0.15, 0.2) is 71.5 Å². The molecular formula is C29H26N2O4. The van der Waals surface area contributed by atoms with Gasteiger partial charge in [-0.15, -0.1) is 0 Å². The molecule has 1 aliphatic heterocycles. The molecule has 0 saturated heterocycles. The predicted molar refractivity (Wildman–Crippen MR) is 132 cm³/mol. The van der Waals surface area contributed by atoms with Crippen LogP contribution in [0.1, 0.15) is 50.8 Å². The van der Waals surface area contributed by atoms with Crippen LogP contribution in [0.4, 0.5) is 0 Å². The lowest BCUT2D eigenvalue weighted by Crippen LogP contribution is -2.49. The van der Waals surface area contributed by atoms with Crippen molar-refractivity contribution in [3.63, 3.8) is 0 Å². The zero-order valence-corrected chi connectivity index (χ0v) is 20.0. The van der Waals surface area contributed by atoms with Crippen molar-refractivity contribution in [3.05, 3.63) is 122 Å². The van der Waals surface area contributed by atoms with Gasteiger partial charge in [0.2, 0.25) is 0 Å². The summed E-state index contributed by atoms with van der Waals surface area (Å²) >= 11 is 0. The number of aromatic amines is 1. The molecule has 1 aliphatic carbocycles. The second-order valence-electron chi connectivity index (χ2n) is 9.49. The largest absolute Gasteiger partial charge is 0.497 e. The summed E-state index contributed by atoms with van der Waals surface area (Å²) in [6, 6.07) is 21.2. The molecule has 6 nitrogen and oxygen atoms in total. The van der Waals surface area contributed by atoms with Gasteiger partial charge in [-0.25, -0.2) is 4.98 Å². The van der Waals surface area contributed by atoms with Crippen LogP contribution >= 0.6 is 0 Å². The number of ether oxygens (including phenoxy) is 2. The van der Waals surface area contributed by atoms with Crippen molar-refractivity contribution in [2.45, 2.75) is 37.9 Å². The second kappa shape index (κ2) is 7.30. The van der Waals surface area contributed by atoms with Crippen LogP contribution in [-0.2, 0) is 11.2 Å². The van der Waals surface area contributed by atoms with Crippen molar-refractivity contribution >= 4 is 0 Å². The van der Waals surface area contributed by atoms with Gasteiger partial charge in [-0.05, 0) is 55.7 Å². The first-order valence-electron chi connectivity index (χ1n) is 11.6. The number of rotatable bonds is 3. The summed E-state index contributed by atoms with van der Waals surface area (Å²) in [7, 11) is 1.61. The normalized spacial score (nSPS) is 23.9. The minimum absolute atomic E-state index is 0.271. The molecule has 2 heterocycles. The summed E-state index contributed by atoms with van der Waals surface area (Å²) in [6.45, 7) is 5.70. The van der Waals surface area contributed by atoms with E-state index in [0.717, 1.165) is 22.3 Å². The molecule has 0 bridgehead atoms. The van der Waals surface area contributed by atoms with Crippen LogP contribution in [0.25, 0.3) is 0 Å². The maximum atomic E-state index is 13.5. The summed E-state index contributed by atoms with van der Waals surface area (Å²) in [6.07, 6.45) is 0. The number of H-pyrrole nitrogens is 1. The van der Waals surface area contributed by atoms with E-state index in [1.807, 2.05) is 80.6 Å². The van der Waals surface area contributed by atoms with Gasteiger partial charge in [-0.2, -0.15) is 0 Å². The van der Waals surface area contributed by atoms with Crippen LogP contribution in [-0.4, -0.2) is 22.2 Å². The highest BCUT2D eigenvalue weighted by atomic mass is 16.5. The van der Waals surface area contributed by atoms with E-state index in [1.165, 1.54) is 0 Å². The van der Waals surface area contributed by atoms with Crippen molar-refractivity contribution < 1.29 is 14.6 Å². The zero-order chi connectivity index (χ0) is 24.5. The Hall–Kier alpha value is -3.90. The van der Waals surface area contributed by atoms with E-state index < -0.39 is 17.1 Å². The lowest BCUT2D eigenvalue weighted by molar-refractivity contribution is -0.0906. The molecule has 0 spiro atoms. The molecule has 4 aromatic rings. The molecule has 2 aliphatic rings. The number of aromatic nitrogens is 2. The standard InChI is InChI=1S/C29H26N2O4/c1-16-14-17(2)24-22(15-16)35-29(20-10-12-21(34-4)13-11-20)25(19-8-6-5-7-9-19)23-26(28(24,29)33)30-18(3)31-27(23)32/h5-15,25,33H,1-4H3,(H,30,31,32)/t25-,28+,29+/m1/s1. The molecule has 0 saturated carbocycles. The Labute approximate surface area is 203 Å². The molecule has 6 rings (SSSR count). The second-order valence-corrected chi connectivity index (χ2v) is 9.49. The van der Waals surface area contributed by atoms with Crippen molar-refractivity contribution in [1.82, 2.24) is 9.97 Å². The summed E-state index contributed by atoms with van der Waals surface area (Å²) < 4.78 is 12.3. The first-order chi connectivity index (χ1) is 16.8. The fourth-order valence-electron chi connectivity index (χ4n) is 6.13. The molecule has 0 radical (unpaired) electrons. The maximum Gasteiger partial charge on any atom is 0.255 e. The van der Waals surface area contributed by atoms with Gasteiger partial charge in [-0.3, -0.25) is 4.79 Å². The van der Waals surface area contributed by atoms with Crippen LogP contribution < -0.4 is 15.0 Å². The molecular weight excluding hydrogens is 440 g/mol. The third-order valence-electron chi connectivity index (χ3n) is 7.38. The molecule has 3 atom stereocenters. The Morgan fingerprint density at radius 3 is 2.43 bits per heavy atom. The monoisotopic (exact) mass is 466 g/mol. The number of aryl methyl sites for hydroxylation is 3. The van der Waals surface area contributed by atoms with Gasteiger partial charge in [0.05, 0.1) is 24.3 Å². The van der Waals surface area contributed by atoms with E-state index >= 15 is 0 Å². The number of benzene rings is 3. The number of fused-ring (bicyclic) bond motifs is 5. The Morgan fingerprint density at radius 1 is 1.03 bits per heavy atom. The summed E-state index contributed by atoms with van der Waals surface area (Å²) in [5.41, 5.74) is 1.61. The van der Waals surface area contributed by atoms with Gasteiger partial charge in [0, 0.05) is 11.1 Å². The molecule has 6 heteroatoms. The smallest absolute Gasteiger partial charge is 0.255 e. The highest BCUT2D eigenvalue weighted by Gasteiger charge is 2.73. The molecule has 176 valence electrons. The molecule has 2 N–H and O–H groups in total. The van der Waals surface area contributed by atoms with Gasteiger partial charge in [0.25, 0.3) is 5.56 Å². The minimum atomic E-state index is -1.69. The van der Waals surface area contributed by atoms with Crippen molar-refractivity contribution in [1.29, 1.82) is 0 Å². The Balaban J connectivity index is 1.79. The van der Waals surface area contributed by atoms with Gasteiger partial charge in [-0.1, -0.05) is 48.5 Å². The highest BCUT2D eigenvalue weighted by Crippen LogP contribution is 2.68. The van der Waals surface area contributed by atoms with Crippen LogP contribution in [0, 0.1) is 20.8 Å². The van der Waals surface area contributed by atoms with Gasteiger partial charge in [0.1, 0.15) is 17.3 Å². The molecule has 0 fully saturated rings. The van der Waals surface area contributed by atoms with E-state index in [4.69, 9.17) is 14.5 Å². The first kappa shape index (κ1) is 21.6. The van der Waals surface area contributed by atoms with E-state index in [2.05, 4.69) is 4.98 Å². The Bertz CT molecular complexity index is 1530. The third kappa shape index (κ3) is 2.68. The van der Waals surface area contributed by atoms with E-state index in [1.54, 1.807) is 14.0 Å². The van der Waals surface area contributed by atoms with Crippen molar-refractivity contribution in [2.24, 2.45) is 0 Å². The molecule has 0 unspecified atom stereocenters. The topological polar surface area (TPSA) is 84.4 Å². The fraction of sp³-hybridized carbons (Fsp3) is 0.241. The highest BCUT2D eigenvalue weighted by molar-refractivity contribution is 5.66. The zero-order valence-electron chi connectivity index (χ0n) is 20.0. The number of nitrogens with one attached hydrogen (secondary N) is 1. The SMILES string of the molecule is COc1ccc([C@@]23Oc4cc(C)cc(C)c4[C@]2(O)c2nc(C)[nH]c(=O)c2[C@H]3c2ccccc2)cc1. The average Bonchev–Trinajstić information content (AvgIpc) is 3.22. The maximum absolute atomic E-state index is 13.5. The number of hydrogen-bond acceptors (Lipinski definition) is 5. The summed E-state index contributed by atoms with van der Waals surface area (Å²) in [5.74, 6) is 1.13. The van der Waals surface area contributed by atoms with Gasteiger partial charge < -0.3 is 19.6 Å². The lowest BCUT2D eigenvalue weighted by atomic mass is 9.69. The van der Waals surface area contributed by atoms with E-state index in [-0.39, 0.29) is 5.56 Å². The van der Waals surface area contributed by atoms with Gasteiger partial charge >= 0.3 is 0 Å². The number of methoxy groups -OCH3 is 1. The molecule has 1 aromatic heterocycles. The van der Waals surface area contributed by atoms with Crippen molar-refractivity contribution in [3.8, 4) is 11.5 Å². The molecule has 0 amide bonds. The van der Waals surface area contributed by atoms with Gasteiger partial charge in [0.15, 0.2) is 11.2 Å². The fourth-order valence-corrected chi connectivity index (χ4v) is 6.13. The molecule has 35 heavy (non-hydrogen) atoms.